The fourth-order valence-corrected chi connectivity index (χ4v) is 1.81. The molecule has 0 fully saturated rings. The van der Waals surface area contributed by atoms with Gasteiger partial charge in [-0.3, -0.25) is 4.68 Å². The number of benzene rings is 1. The predicted molar refractivity (Wildman–Crippen MR) is 73.0 cm³/mol. The maximum absolute atomic E-state index is 8.80. The van der Waals surface area contributed by atoms with Crippen LogP contribution in [0.2, 0.25) is 0 Å². The first-order valence-corrected chi connectivity index (χ1v) is 5.98. The minimum atomic E-state index is -0.146. The minimum Gasteiger partial charge on any atom is -0.497 e. The Morgan fingerprint density at radius 2 is 2.26 bits per heavy atom. The lowest BCUT2D eigenvalue weighted by atomic mass is 10.1. The molecule has 0 amide bonds. The highest BCUT2D eigenvalue weighted by Gasteiger charge is 2.04. The summed E-state index contributed by atoms with van der Waals surface area (Å²) < 4.78 is 7.09. The summed E-state index contributed by atoms with van der Waals surface area (Å²) in [4.78, 5) is 0. The van der Waals surface area contributed by atoms with Crippen LogP contribution in [0.1, 0.15) is 16.7 Å². The smallest absolute Gasteiger partial charge is 0.119 e. The van der Waals surface area contributed by atoms with Crippen LogP contribution in [-0.4, -0.2) is 28.6 Å². The van der Waals surface area contributed by atoms with Crippen LogP contribution in [0.25, 0.3) is 0 Å². The molecule has 0 aliphatic rings. The molecule has 4 heteroatoms. The van der Waals surface area contributed by atoms with Gasteiger partial charge in [0.05, 0.1) is 19.9 Å². The van der Waals surface area contributed by atoms with Crippen LogP contribution in [0.5, 0.6) is 5.75 Å². The van der Waals surface area contributed by atoms with Gasteiger partial charge in [0, 0.05) is 11.8 Å². The largest absolute Gasteiger partial charge is 0.497 e. The summed E-state index contributed by atoms with van der Waals surface area (Å²) in [5.41, 5.74) is 3.01. The van der Waals surface area contributed by atoms with Gasteiger partial charge in [-0.15, -0.1) is 0 Å². The monoisotopic (exact) mass is 256 g/mol. The van der Waals surface area contributed by atoms with Crippen molar-refractivity contribution in [2.24, 2.45) is 0 Å². The van der Waals surface area contributed by atoms with E-state index in [0.29, 0.717) is 6.54 Å². The first kappa shape index (κ1) is 13.2. The van der Waals surface area contributed by atoms with Gasteiger partial charge in [-0.1, -0.05) is 11.8 Å². The lowest BCUT2D eigenvalue weighted by Crippen LogP contribution is -2.02. The molecule has 0 atom stereocenters. The van der Waals surface area contributed by atoms with E-state index in [9.17, 15) is 0 Å². The van der Waals surface area contributed by atoms with Crippen molar-refractivity contribution in [1.29, 1.82) is 0 Å². The Morgan fingerprint density at radius 3 is 2.89 bits per heavy atom. The van der Waals surface area contributed by atoms with Gasteiger partial charge < -0.3 is 9.84 Å². The molecule has 2 aromatic rings. The van der Waals surface area contributed by atoms with Crippen molar-refractivity contribution in [3.63, 3.8) is 0 Å². The Hall–Kier alpha value is -2.25. The molecule has 98 valence electrons. The fourth-order valence-electron chi connectivity index (χ4n) is 1.81. The van der Waals surface area contributed by atoms with Gasteiger partial charge in [0.1, 0.15) is 12.4 Å². The number of aromatic nitrogens is 2. The average Bonchev–Trinajstić information content (AvgIpc) is 2.82. The SMILES string of the molecule is COc1ccc(C#CCO)c(Cn2cc(C)cn2)c1. The second-order valence-corrected chi connectivity index (χ2v) is 4.20. The second kappa shape index (κ2) is 6.07. The van der Waals surface area contributed by atoms with Crippen molar-refractivity contribution in [2.75, 3.05) is 13.7 Å². The first-order valence-electron chi connectivity index (χ1n) is 5.98. The molecule has 0 saturated carbocycles. The first-order chi connectivity index (χ1) is 9.22. The van der Waals surface area contributed by atoms with Crippen LogP contribution in [-0.2, 0) is 6.54 Å². The third kappa shape index (κ3) is 3.36. The van der Waals surface area contributed by atoms with Gasteiger partial charge >= 0.3 is 0 Å². The van der Waals surface area contributed by atoms with Gasteiger partial charge in [-0.2, -0.15) is 5.10 Å². The van der Waals surface area contributed by atoms with Crippen molar-refractivity contribution >= 4 is 0 Å². The van der Waals surface area contributed by atoms with Gasteiger partial charge in [0.2, 0.25) is 0 Å². The number of aliphatic hydroxyl groups excluding tert-OH is 1. The topological polar surface area (TPSA) is 47.3 Å². The van der Waals surface area contributed by atoms with Crippen molar-refractivity contribution in [3.05, 3.63) is 47.3 Å². The molecule has 0 aliphatic carbocycles. The van der Waals surface area contributed by atoms with E-state index >= 15 is 0 Å². The van der Waals surface area contributed by atoms with E-state index in [-0.39, 0.29) is 6.61 Å². The van der Waals surface area contributed by atoms with Crippen LogP contribution in [0.4, 0.5) is 0 Å². The van der Waals surface area contributed by atoms with Gasteiger partial charge in [0.25, 0.3) is 0 Å². The number of nitrogens with zero attached hydrogens (tertiary/aromatic N) is 2. The Kier molecular flexibility index (Phi) is 4.22. The summed E-state index contributed by atoms with van der Waals surface area (Å²) in [5, 5.41) is 13.1. The zero-order valence-corrected chi connectivity index (χ0v) is 11.1. The molecule has 19 heavy (non-hydrogen) atoms. The van der Waals surface area contributed by atoms with Crippen molar-refractivity contribution in [1.82, 2.24) is 9.78 Å². The molecule has 0 unspecified atom stereocenters. The Labute approximate surface area is 112 Å². The molecule has 2 rings (SSSR count). The van der Waals surface area contributed by atoms with Gasteiger partial charge in [0.15, 0.2) is 0 Å². The predicted octanol–water partition coefficient (Wildman–Crippen LogP) is 1.59. The molecule has 0 aliphatic heterocycles. The Balaban J connectivity index is 2.34. The third-order valence-electron chi connectivity index (χ3n) is 2.71. The molecular formula is C15H16N2O2. The maximum atomic E-state index is 8.80. The number of aliphatic hydroxyl groups is 1. The molecule has 0 spiro atoms. The van der Waals surface area contributed by atoms with Crippen molar-refractivity contribution in [3.8, 4) is 17.6 Å². The fraction of sp³-hybridized carbons (Fsp3) is 0.267. The summed E-state index contributed by atoms with van der Waals surface area (Å²) in [6, 6.07) is 5.70. The molecule has 1 aromatic heterocycles. The van der Waals surface area contributed by atoms with E-state index in [0.717, 1.165) is 22.4 Å². The quantitative estimate of drug-likeness (QED) is 0.848. The lowest BCUT2D eigenvalue weighted by Gasteiger charge is -2.08. The van der Waals surface area contributed by atoms with Crippen LogP contribution in [0.15, 0.2) is 30.6 Å². The standard InChI is InChI=1S/C15H16N2O2/c1-12-9-16-17(10-12)11-14-8-15(19-2)6-5-13(14)4-3-7-18/h5-6,8-10,18H,7,11H2,1-2H3. The third-order valence-corrected chi connectivity index (χ3v) is 2.71. The van der Waals surface area contributed by atoms with Crippen LogP contribution >= 0.6 is 0 Å². The van der Waals surface area contributed by atoms with E-state index in [1.807, 2.05) is 42.2 Å². The molecule has 0 radical (unpaired) electrons. The van der Waals surface area contributed by atoms with E-state index in [2.05, 4.69) is 16.9 Å². The summed E-state index contributed by atoms with van der Waals surface area (Å²) in [7, 11) is 1.64. The highest BCUT2D eigenvalue weighted by atomic mass is 16.5. The number of hydrogen-bond donors (Lipinski definition) is 1. The zero-order chi connectivity index (χ0) is 13.7. The Bertz CT molecular complexity index is 621. The second-order valence-electron chi connectivity index (χ2n) is 4.20. The maximum Gasteiger partial charge on any atom is 0.119 e. The summed E-state index contributed by atoms with van der Waals surface area (Å²) >= 11 is 0. The van der Waals surface area contributed by atoms with Gasteiger partial charge in [-0.25, -0.2) is 0 Å². The number of ether oxygens (including phenoxy) is 1. The van der Waals surface area contributed by atoms with Crippen molar-refractivity contribution < 1.29 is 9.84 Å². The molecule has 1 heterocycles. The highest BCUT2D eigenvalue weighted by molar-refractivity contribution is 5.45. The van der Waals surface area contributed by atoms with Crippen molar-refractivity contribution in [2.45, 2.75) is 13.5 Å². The molecular weight excluding hydrogens is 240 g/mol. The minimum absolute atomic E-state index is 0.146. The van der Waals surface area contributed by atoms with Crippen LogP contribution in [0.3, 0.4) is 0 Å². The molecule has 1 N–H and O–H groups in total. The number of methoxy groups -OCH3 is 1. The molecule has 0 bridgehead atoms. The highest BCUT2D eigenvalue weighted by Crippen LogP contribution is 2.18. The molecule has 4 nitrogen and oxygen atoms in total. The van der Waals surface area contributed by atoms with E-state index in [4.69, 9.17) is 9.84 Å². The zero-order valence-electron chi connectivity index (χ0n) is 11.1. The van der Waals surface area contributed by atoms with E-state index in [1.165, 1.54) is 0 Å². The summed E-state index contributed by atoms with van der Waals surface area (Å²) in [6.45, 7) is 2.48. The van der Waals surface area contributed by atoms with E-state index < -0.39 is 0 Å². The number of aryl methyl sites for hydroxylation is 1. The summed E-state index contributed by atoms with van der Waals surface area (Å²) in [6.07, 6.45) is 3.79. The average molecular weight is 256 g/mol. The van der Waals surface area contributed by atoms with E-state index in [1.54, 1.807) is 7.11 Å². The molecule has 1 aromatic carbocycles. The number of hydrogen-bond acceptors (Lipinski definition) is 3. The molecule has 0 saturated heterocycles. The lowest BCUT2D eigenvalue weighted by molar-refractivity contribution is 0.350. The van der Waals surface area contributed by atoms with Gasteiger partial charge in [-0.05, 0) is 36.2 Å². The Morgan fingerprint density at radius 1 is 1.42 bits per heavy atom. The van der Waals surface area contributed by atoms with Crippen LogP contribution < -0.4 is 4.74 Å². The summed E-state index contributed by atoms with van der Waals surface area (Å²) in [5.74, 6) is 6.40. The van der Waals surface area contributed by atoms with Crippen LogP contribution in [0, 0.1) is 18.8 Å². The normalized spacial score (nSPS) is 9.84. The number of rotatable bonds is 3.